The number of fused-ring (bicyclic) bond motifs is 1. The maximum absolute atomic E-state index is 9.61. The molecule has 0 amide bonds. The van der Waals surface area contributed by atoms with Crippen molar-refractivity contribution in [3.05, 3.63) is 42.7 Å². The minimum absolute atomic E-state index is 0.558. The van der Waals surface area contributed by atoms with Crippen LogP contribution in [0, 0.1) is 0 Å². The molecule has 2 rings (SSSR count). The maximum atomic E-state index is 9.61. The fourth-order valence-corrected chi connectivity index (χ4v) is 1.73. The Morgan fingerprint density at radius 3 is 2.93 bits per heavy atom. The van der Waals surface area contributed by atoms with Gasteiger partial charge in [-0.1, -0.05) is 18.2 Å². The highest BCUT2D eigenvalue weighted by Gasteiger charge is 2.12. The fourth-order valence-electron chi connectivity index (χ4n) is 1.73. The molecule has 0 aliphatic carbocycles. The second-order valence-corrected chi connectivity index (χ2v) is 3.53. The predicted octanol–water partition coefficient (Wildman–Crippen LogP) is 2.28. The average Bonchev–Trinajstić information content (AvgIpc) is 2.58. The van der Waals surface area contributed by atoms with E-state index in [0.717, 1.165) is 11.0 Å². The van der Waals surface area contributed by atoms with Gasteiger partial charge in [0.05, 0.1) is 11.0 Å². The lowest BCUT2D eigenvalue weighted by atomic mass is 10.3. The molecule has 0 aliphatic heterocycles. The number of nitrogens with zero attached hydrogens (tertiary/aromatic N) is 2. The molecular weight excluding hydrogens is 188 g/mol. The molecule has 1 aromatic carbocycles. The number of aliphatic hydroxyl groups is 1. The third-order valence-electron chi connectivity index (χ3n) is 2.37. The molecule has 0 unspecified atom stereocenters. The molecule has 0 saturated heterocycles. The van der Waals surface area contributed by atoms with Crippen molar-refractivity contribution in [1.82, 2.24) is 9.55 Å². The summed E-state index contributed by atoms with van der Waals surface area (Å²) in [4.78, 5) is 4.40. The summed E-state index contributed by atoms with van der Waals surface area (Å²) in [7, 11) is 0. The summed E-state index contributed by atoms with van der Waals surface area (Å²) in [6, 6.07) is 7.85. The van der Waals surface area contributed by atoms with Gasteiger partial charge in [0.25, 0.3) is 0 Å². The molecule has 0 aliphatic rings. The van der Waals surface area contributed by atoms with Gasteiger partial charge in [-0.25, -0.2) is 4.98 Å². The van der Waals surface area contributed by atoms with Crippen molar-refractivity contribution in [2.24, 2.45) is 0 Å². The Morgan fingerprint density at radius 1 is 1.53 bits per heavy atom. The number of aliphatic hydroxyl groups excluding tert-OH is 1. The number of hydrogen-bond acceptors (Lipinski definition) is 2. The van der Waals surface area contributed by atoms with Crippen molar-refractivity contribution in [3.63, 3.8) is 0 Å². The van der Waals surface area contributed by atoms with Crippen LogP contribution in [0.15, 0.2) is 36.9 Å². The zero-order valence-corrected chi connectivity index (χ0v) is 8.72. The largest absolute Gasteiger partial charge is 0.385 e. The van der Waals surface area contributed by atoms with E-state index in [1.54, 1.807) is 13.0 Å². The molecule has 0 saturated carbocycles. The first-order valence-electron chi connectivity index (χ1n) is 4.98. The van der Waals surface area contributed by atoms with E-state index in [1.165, 1.54) is 0 Å². The van der Waals surface area contributed by atoms with Crippen molar-refractivity contribution in [1.29, 1.82) is 0 Å². The van der Waals surface area contributed by atoms with Crippen LogP contribution >= 0.6 is 0 Å². The highest BCUT2D eigenvalue weighted by Crippen LogP contribution is 2.20. The van der Waals surface area contributed by atoms with Gasteiger partial charge < -0.3 is 9.67 Å². The third-order valence-corrected chi connectivity index (χ3v) is 2.37. The number of para-hydroxylation sites is 2. The van der Waals surface area contributed by atoms with Gasteiger partial charge in [0.15, 0.2) is 0 Å². The number of imidazole rings is 1. The molecule has 1 N–H and O–H groups in total. The smallest absolute Gasteiger partial charge is 0.138 e. The molecule has 0 radical (unpaired) electrons. The number of benzene rings is 1. The number of rotatable bonds is 3. The minimum atomic E-state index is -0.558. The molecule has 1 atom stereocenters. The zero-order valence-electron chi connectivity index (χ0n) is 8.72. The molecule has 0 spiro atoms. The number of aromatic nitrogens is 2. The van der Waals surface area contributed by atoms with Crippen LogP contribution in [-0.2, 0) is 6.54 Å². The molecule has 78 valence electrons. The molecule has 1 aromatic heterocycles. The van der Waals surface area contributed by atoms with E-state index in [2.05, 4.69) is 11.6 Å². The van der Waals surface area contributed by atoms with Gasteiger partial charge in [-0.3, -0.25) is 0 Å². The highest BCUT2D eigenvalue weighted by atomic mass is 16.3. The molecule has 0 bridgehead atoms. The Labute approximate surface area is 88.7 Å². The van der Waals surface area contributed by atoms with Crippen LogP contribution in [0.25, 0.3) is 11.0 Å². The van der Waals surface area contributed by atoms with Gasteiger partial charge in [0.1, 0.15) is 11.9 Å². The van der Waals surface area contributed by atoms with Gasteiger partial charge >= 0.3 is 0 Å². The van der Waals surface area contributed by atoms with E-state index in [0.29, 0.717) is 12.4 Å². The first-order chi connectivity index (χ1) is 7.24. The maximum Gasteiger partial charge on any atom is 0.138 e. The van der Waals surface area contributed by atoms with Crippen molar-refractivity contribution in [2.45, 2.75) is 19.6 Å². The lowest BCUT2D eigenvalue weighted by Crippen LogP contribution is -2.05. The van der Waals surface area contributed by atoms with Gasteiger partial charge in [0, 0.05) is 6.54 Å². The summed E-state index contributed by atoms with van der Waals surface area (Å²) in [6.45, 7) is 6.10. The second-order valence-electron chi connectivity index (χ2n) is 3.53. The highest BCUT2D eigenvalue weighted by molar-refractivity contribution is 5.76. The minimum Gasteiger partial charge on any atom is -0.385 e. The van der Waals surface area contributed by atoms with Crippen LogP contribution in [0.1, 0.15) is 18.9 Å². The van der Waals surface area contributed by atoms with Crippen LogP contribution in [0.3, 0.4) is 0 Å². The third kappa shape index (κ3) is 1.66. The van der Waals surface area contributed by atoms with Gasteiger partial charge in [-0.2, -0.15) is 0 Å². The normalized spacial score (nSPS) is 12.9. The summed E-state index contributed by atoms with van der Waals surface area (Å²) in [5, 5.41) is 9.61. The number of allylic oxidation sites excluding steroid dienone is 1. The van der Waals surface area contributed by atoms with Gasteiger partial charge in [-0.15, -0.1) is 6.58 Å². The molecule has 3 heteroatoms. The van der Waals surface area contributed by atoms with Crippen LogP contribution < -0.4 is 0 Å². The molecule has 3 nitrogen and oxygen atoms in total. The van der Waals surface area contributed by atoms with Crippen molar-refractivity contribution >= 4 is 11.0 Å². The Bertz CT molecular complexity index is 485. The molecule has 15 heavy (non-hydrogen) atoms. The van der Waals surface area contributed by atoms with Crippen LogP contribution in [-0.4, -0.2) is 14.7 Å². The fraction of sp³-hybridized carbons (Fsp3) is 0.250. The molecule has 2 aromatic rings. The Morgan fingerprint density at radius 2 is 2.27 bits per heavy atom. The SMILES string of the molecule is C=CCn1c([C@H](C)O)nc2ccccc21. The van der Waals surface area contributed by atoms with Crippen LogP contribution in [0.5, 0.6) is 0 Å². The van der Waals surface area contributed by atoms with E-state index in [1.807, 2.05) is 28.8 Å². The predicted molar refractivity (Wildman–Crippen MR) is 60.6 cm³/mol. The van der Waals surface area contributed by atoms with Crippen LogP contribution in [0.4, 0.5) is 0 Å². The van der Waals surface area contributed by atoms with Crippen LogP contribution in [0.2, 0.25) is 0 Å². The molecule has 0 fully saturated rings. The van der Waals surface area contributed by atoms with Gasteiger partial charge in [0.2, 0.25) is 0 Å². The summed E-state index contributed by atoms with van der Waals surface area (Å²) in [5.41, 5.74) is 1.95. The van der Waals surface area contributed by atoms with E-state index in [-0.39, 0.29) is 0 Å². The van der Waals surface area contributed by atoms with E-state index < -0.39 is 6.10 Å². The molecular formula is C12H14N2O. The Balaban J connectivity index is 2.68. The van der Waals surface area contributed by atoms with E-state index in [4.69, 9.17) is 0 Å². The standard InChI is InChI=1S/C12H14N2O/c1-3-8-14-11-7-5-4-6-10(11)13-12(14)9(2)15/h3-7,9,15H,1,8H2,2H3/t9-/m0/s1. The summed E-state index contributed by atoms with van der Waals surface area (Å²) in [6.07, 6.45) is 1.25. The van der Waals surface area contributed by atoms with Crippen molar-refractivity contribution < 1.29 is 5.11 Å². The average molecular weight is 202 g/mol. The zero-order chi connectivity index (χ0) is 10.8. The number of hydrogen-bond donors (Lipinski definition) is 1. The Kier molecular flexibility index (Phi) is 2.56. The summed E-state index contributed by atoms with van der Waals surface area (Å²) in [5.74, 6) is 0.691. The summed E-state index contributed by atoms with van der Waals surface area (Å²) < 4.78 is 1.98. The topological polar surface area (TPSA) is 38.0 Å². The van der Waals surface area contributed by atoms with Crippen molar-refractivity contribution in [2.75, 3.05) is 0 Å². The lowest BCUT2D eigenvalue weighted by Gasteiger charge is -2.07. The Hall–Kier alpha value is -1.61. The van der Waals surface area contributed by atoms with Crippen molar-refractivity contribution in [3.8, 4) is 0 Å². The first kappa shape index (κ1) is 9.93. The van der Waals surface area contributed by atoms with Gasteiger partial charge in [-0.05, 0) is 19.1 Å². The monoisotopic (exact) mass is 202 g/mol. The summed E-state index contributed by atoms with van der Waals surface area (Å²) >= 11 is 0. The second kappa shape index (κ2) is 3.87. The first-order valence-corrected chi connectivity index (χ1v) is 4.98. The quantitative estimate of drug-likeness (QED) is 0.775. The van der Waals surface area contributed by atoms with E-state index >= 15 is 0 Å². The van der Waals surface area contributed by atoms with E-state index in [9.17, 15) is 5.11 Å². The lowest BCUT2D eigenvalue weighted by molar-refractivity contribution is 0.185. The molecule has 1 heterocycles.